The fourth-order valence-electron chi connectivity index (χ4n) is 2.69. The fourth-order valence-corrected chi connectivity index (χ4v) is 4.50. The van der Waals surface area contributed by atoms with E-state index in [1.54, 1.807) is 24.3 Å². The normalized spacial score (nSPS) is 30.9. The standard InChI is InChI=1S/C13H15NO3S/c1-9-5-7-10(8-6-9)18(16,17)14-11-3-2-4-12(15)13(11)14/h5-8,11,13H,2-4H2,1H3/t11-,13-,14?/m1/s1. The summed E-state index contributed by atoms with van der Waals surface area (Å²) in [7, 11) is -3.49. The van der Waals surface area contributed by atoms with E-state index in [1.807, 2.05) is 6.92 Å². The molecule has 0 amide bonds. The van der Waals surface area contributed by atoms with Crippen LogP contribution in [-0.4, -0.2) is 30.6 Å². The number of nitrogens with zero attached hydrogens (tertiary/aromatic N) is 1. The maximum absolute atomic E-state index is 12.4. The van der Waals surface area contributed by atoms with Crippen molar-refractivity contribution < 1.29 is 13.2 Å². The Labute approximate surface area is 107 Å². The summed E-state index contributed by atoms with van der Waals surface area (Å²) in [6.45, 7) is 1.91. The predicted octanol–water partition coefficient (Wildman–Crippen LogP) is 1.49. The zero-order valence-corrected chi connectivity index (χ0v) is 11.0. The Kier molecular flexibility index (Phi) is 2.57. The van der Waals surface area contributed by atoms with Crippen molar-refractivity contribution >= 4 is 15.8 Å². The Balaban J connectivity index is 1.93. The van der Waals surface area contributed by atoms with Crippen LogP contribution in [0, 0.1) is 6.92 Å². The first kappa shape index (κ1) is 11.9. The minimum atomic E-state index is -3.49. The van der Waals surface area contributed by atoms with Crippen LogP contribution < -0.4 is 0 Å². The Morgan fingerprint density at radius 3 is 2.50 bits per heavy atom. The van der Waals surface area contributed by atoms with Gasteiger partial charge < -0.3 is 0 Å². The highest BCUT2D eigenvalue weighted by molar-refractivity contribution is 7.89. The summed E-state index contributed by atoms with van der Waals surface area (Å²) in [5.74, 6) is 0.0712. The number of ketones is 1. The molecule has 1 aliphatic carbocycles. The molecule has 0 aromatic heterocycles. The van der Waals surface area contributed by atoms with Gasteiger partial charge in [-0.1, -0.05) is 17.7 Å². The largest absolute Gasteiger partial charge is 0.298 e. The number of carbonyl (C=O) groups is 1. The first-order valence-corrected chi connectivity index (χ1v) is 7.59. The molecule has 1 aliphatic heterocycles. The number of fused-ring (bicyclic) bond motifs is 1. The van der Waals surface area contributed by atoms with Gasteiger partial charge in [-0.2, -0.15) is 4.31 Å². The highest BCUT2D eigenvalue weighted by Gasteiger charge is 2.59. The van der Waals surface area contributed by atoms with Crippen LogP contribution >= 0.6 is 0 Å². The number of benzene rings is 1. The van der Waals surface area contributed by atoms with Gasteiger partial charge in [0.15, 0.2) is 5.78 Å². The van der Waals surface area contributed by atoms with E-state index in [0.717, 1.165) is 18.4 Å². The van der Waals surface area contributed by atoms with Gasteiger partial charge in [-0.3, -0.25) is 4.79 Å². The maximum atomic E-state index is 12.4. The summed E-state index contributed by atoms with van der Waals surface area (Å²) < 4.78 is 26.2. The lowest BCUT2D eigenvalue weighted by Crippen LogP contribution is -2.19. The van der Waals surface area contributed by atoms with E-state index in [2.05, 4.69) is 0 Å². The lowest BCUT2D eigenvalue weighted by Gasteiger charge is -2.05. The second-order valence-corrected chi connectivity index (χ2v) is 6.86. The molecule has 0 radical (unpaired) electrons. The topological polar surface area (TPSA) is 54.2 Å². The molecule has 3 rings (SSSR count). The van der Waals surface area contributed by atoms with E-state index < -0.39 is 10.0 Å². The molecule has 1 saturated heterocycles. The van der Waals surface area contributed by atoms with Crippen LogP contribution in [0.1, 0.15) is 24.8 Å². The van der Waals surface area contributed by atoms with Crippen molar-refractivity contribution in [3.63, 3.8) is 0 Å². The smallest absolute Gasteiger partial charge is 0.244 e. The molecule has 5 heteroatoms. The van der Waals surface area contributed by atoms with Crippen LogP contribution in [0.4, 0.5) is 0 Å². The minimum Gasteiger partial charge on any atom is -0.298 e. The van der Waals surface area contributed by atoms with Gasteiger partial charge in [0.2, 0.25) is 10.0 Å². The van der Waals surface area contributed by atoms with Crippen LogP contribution in [-0.2, 0) is 14.8 Å². The van der Waals surface area contributed by atoms with Crippen molar-refractivity contribution in [3.05, 3.63) is 29.8 Å². The zero-order chi connectivity index (χ0) is 12.9. The third kappa shape index (κ3) is 1.69. The molecule has 1 saturated carbocycles. The van der Waals surface area contributed by atoms with Gasteiger partial charge in [-0.15, -0.1) is 0 Å². The molecule has 1 unspecified atom stereocenters. The lowest BCUT2D eigenvalue weighted by molar-refractivity contribution is -0.119. The molecule has 3 atom stereocenters. The second-order valence-electron chi connectivity index (χ2n) is 5.02. The molecule has 1 aromatic carbocycles. The van der Waals surface area contributed by atoms with E-state index in [-0.39, 0.29) is 22.8 Å². The Hall–Kier alpha value is -1.20. The first-order chi connectivity index (χ1) is 8.51. The van der Waals surface area contributed by atoms with Crippen LogP contribution in [0.25, 0.3) is 0 Å². The summed E-state index contributed by atoms with van der Waals surface area (Å²) in [5.41, 5.74) is 1.02. The van der Waals surface area contributed by atoms with Crippen molar-refractivity contribution in [3.8, 4) is 0 Å². The minimum absolute atomic E-state index is 0.0712. The SMILES string of the molecule is Cc1ccc(S(=O)(=O)N2[C@@H]3CCCC(=O)[C@@H]32)cc1. The molecule has 96 valence electrons. The fraction of sp³-hybridized carbons (Fsp3) is 0.462. The average molecular weight is 265 g/mol. The van der Waals surface area contributed by atoms with Gasteiger partial charge in [-0.05, 0) is 31.9 Å². The number of aryl methyl sites for hydroxylation is 1. The number of rotatable bonds is 2. The maximum Gasteiger partial charge on any atom is 0.244 e. The predicted molar refractivity (Wildman–Crippen MR) is 66.6 cm³/mol. The van der Waals surface area contributed by atoms with Crippen LogP contribution in [0.3, 0.4) is 0 Å². The van der Waals surface area contributed by atoms with E-state index >= 15 is 0 Å². The number of sulfonamides is 1. The van der Waals surface area contributed by atoms with Crippen molar-refractivity contribution in [2.45, 2.75) is 43.2 Å². The molecular formula is C13H15NO3S. The number of Topliss-reactive ketones (excluding diaryl/α,β-unsaturated/α-hetero) is 1. The third-order valence-electron chi connectivity index (χ3n) is 3.73. The van der Waals surface area contributed by atoms with Crippen LogP contribution in [0.5, 0.6) is 0 Å². The molecular weight excluding hydrogens is 250 g/mol. The molecule has 0 spiro atoms. The molecule has 4 nitrogen and oxygen atoms in total. The van der Waals surface area contributed by atoms with Crippen molar-refractivity contribution in [2.24, 2.45) is 0 Å². The summed E-state index contributed by atoms with van der Waals surface area (Å²) in [5, 5.41) is 0. The third-order valence-corrected chi connectivity index (χ3v) is 5.65. The monoisotopic (exact) mass is 265 g/mol. The Morgan fingerprint density at radius 2 is 1.89 bits per heavy atom. The molecule has 2 fully saturated rings. The van der Waals surface area contributed by atoms with Gasteiger partial charge in [0.05, 0.1) is 4.90 Å². The molecule has 18 heavy (non-hydrogen) atoms. The molecule has 0 N–H and O–H groups in total. The van der Waals surface area contributed by atoms with Gasteiger partial charge in [0, 0.05) is 12.5 Å². The van der Waals surface area contributed by atoms with Crippen molar-refractivity contribution in [2.75, 3.05) is 0 Å². The number of carbonyl (C=O) groups excluding carboxylic acids is 1. The molecule has 0 bridgehead atoms. The average Bonchev–Trinajstić information content (AvgIpc) is 3.06. The quantitative estimate of drug-likeness (QED) is 0.761. The van der Waals surface area contributed by atoms with E-state index in [0.29, 0.717) is 6.42 Å². The lowest BCUT2D eigenvalue weighted by atomic mass is 10.00. The number of hydrogen-bond donors (Lipinski definition) is 0. The zero-order valence-electron chi connectivity index (χ0n) is 10.2. The van der Waals surface area contributed by atoms with Crippen LogP contribution in [0.15, 0.2) is 29.2 Å². The first-order valence-electron chi connectivity index (χ1n) is 6.15. The Bertz CT molecular complexity index is 591. The van der Waals surface area contributed by atoms with E-state index in [9.17, 15) is 13.2 Å². The second kappa shape index (κ2) is 3.90. The van der Waals surface area contributed by atoms with Gasteiger partial charge in [-0.25, -0.2) is 8.42 Å². The molecule has 2 aliphatic rings. The van der Waals surface area contributed by atoms with Gasteiger partial charge in [0.25, 0.3) is 0 Å². The highest BCUT2D eigenvalue weighted by atomic mass is 32.2. The Morgan fingerprint density at radius 1 is 1.22 bits per heavy atom. The summed E-state index contributed by atoms with van der Waals surface area (Å²) >= 11 is 0. The van der Waals surface area contributed by atoms with Crippen LogP contribution in [0.2, 0.25) is 0 Å². The molecule has 1 heterocycles. The van der Waals surface area contributed by atoms with Crippen molar-refractivity contribution in [1.29, 1.82) is 0 Å². The van der Waals surface area contributed by atoms with Gasteiger partial charge >= 0.3 is 0 Å². The van der Waals surface area contributed by atoms with E-state index in [4.69, 9.17) is 0 Å². The van der Waals surface area contributed by atoms with E-state index in [1.165, 1.54) is 4.31 Å². The van der Waals surface area contributed by atoms with Gasteiger partial charge in [0.1, 0.15) is 6.04 Å². The summed E-state index contributed by atoms with van der Waals surface area (Å²) in [6, 6.07) is 6.31. The van der Waals surface area contributed by atoms with Crippen molar-refractivity contribution in [1.82, 2.24) is 4.31 Å². The highest BCUT2D eigenvalue weighted by Crippen LogP contribution is 2.42. The number of hydrogen-bond acceptors (Lipinski definition) is 3. The summed E-state index contributed by atoms with van der Waals surface area (Å²) in [6.07, 6.45) is 2.13. The summed E-state index contributed by atoms with van der Waals surface area (Å²) in [4.78, 5) is 12.0. The molecule has 1 aromatic rings.